The van der Waals surface area contributed by atoms with E-state index in [9.17, 15) is 9.59 Å². The van der Waals surface area contributed by atoms with Crippen LogP contribution in [0.2, 0.25) is 0 Å². The van der Waals surface area contributed by atoms with Crippen LogP contribution in [-0.2, 0) is 9.59 Å². The number of nitrogens with one attached hydrogen (secondary N) is 2. The van der Waals surface area contributed by atoms with E-state index >= 15 is 0 Å². The van der Waals surface area contributed by atoms with Crippen molar-refractivity contribution in [3.63, 3.8) is 0 Å². The fourth-order valence-corrected chi connectivity index (χ4v) is 0.626. The second kappa shape index (κ2) is 5.47. The second-order valence-corrected chi connectivity index (χ2v) is 2.11. The van der Waals surface area contributed by atoms with Crippen LogP contribution in [0.15, 0.2) is 0 Å². The van der Waals surface area contributed by atoms with Crippen molar-refractivity contribution in [2.45, 2.75) is 18.9 Å². The third-order valence-corrected chi connectivity index (χ3v) is 1.20. The zero-order valence-electron chi connectivity index (χ0n) is 6.28. The van der Waals surface area contributed by atoms with Crippen LogP contribution >= 0.6 is 0 Å². The van der Waals surface area contributed by atoms with Gasteiger partial charge in [-0.05, 0) is 6.42 Å². The average Bonchev–Trinajstić information content (AvgIpc) is 1.96. The van der Waals surface area contributed by atoms with Crippen molar-refractivity contribution < 1.29 is 19.8 Å². The molecule has 0 fully saturated rings. The molecule has 12 heavy (non-hydrogen) atoms. The monoisotopic (exact) mass is 177 g/mol. The number of hydrogen-bond acceptors (Lipinski definition) is 5. The summed E-state index contributed by atoms with van der Waals surface area (Å²) in [6, 6.07) is -0.980. The second-order valence-electron chi connectivity index (χ2n) is 2.11. The van der Waals surface area contributed by atoms with Crippen LogP contribution in [0.25, 0.3) is 0 Å². The first-order valence-electron chi connectivity index (χ1n) is 3.23. The molecule has 70 valence electrons. The van der Waals surface area contributed by atoms with E-state index in [1.54, 1.807) is 0 Å². The number of aliphatic carboxylic acids is 2. The molecule has 0 spiro atoms. The summed E-state index contributed by atoms with van der Waals surface area (Å²) in [4.78, 5) is 20.4. The molecule has 0 unspecified atom stereocenters. The Kier molecular flexibility index (Phi) is 4.93. The molecule has 0 aromatic heterocycles. The summed E-state index contributed by atoms with van der Waals surface area (Å²) in [5.41, 5.74) is 4.15. The lowest BCUT2D eigenvalue weighted by molar-refractivity contribution is -0.141. The van der Waals surface area contributed by atoms with Crippen LogP contribution in [0, 0.1) is 0 Å². The third-order valence-electron chi connectivity index (χ3n) is 1.20. The van der Waals surface area contributed by atoms with Gasteiger partial charge in [-0.1, -0.05) is 0 Å². The molecular weight excluding hydrogens is 166 g/mol. The summed E-state index contributed by atoms with van der Waals surface area (Å²) in [6.45, 7) is 0. The first kappa shape index (κ1) is 10.8. The zero-order valence-corrected chi connectivity index (χ0v) is 6.28. The minimum absolute atomic E-state index is 0.0190. The van der Waals surface area contributed by atoms with E-state index in [1.165, 1.54) is 0 Å². The van der Waals surface area contributed by atoms with Gasteiger partial charge in [0.1, 0.15) is 6.04 Å². The number of carbonyl (C=O) groups is 2. The molecule has 0 aliphatic carbocycles. The Bertz CT molecular complexity index is 172. The Morgan fingerprint density at radius 2 is 2.00 bits per heavy atom. The molecule has 0 saturated heterocycles. The fraction of sp³-hybridized carbons (Fsp3) is 0.600. The van der Waals surface area contributed by atoms with Gasteiger partial charge in [0.2, 0.25) is 0 Å². The Morgan fingerprint density at radius 1 is 1.42 bits per heavy atom. The van der Waals surface area contributed by atoms with Crippen LogP contribution in [-0.4, -0.2) is 28.2 Å². The van der Waals surface area contributed by atoms with E-state index in [4.69, 9.17) is 16.1 Å². The Morgan fingerprint density at radius 3 is 2.33 bits per heavy atom. The topological polar surface area (TPSA) is 125 Å². The summed E-state index contributed by atoms with van der Waals surface area (Å²) >= 11 is 0. The predicted octanol–water partition coefficient (Wildman–Crippen LogP) is -1.73. The van der Waals surface area contributed by atoms with Crippen LogP contribution < -0.4 is 16.8 Å². The number of rotatable bonds is 6. The van der Waals surface area contributed by atoms with E-state index in [1.807, 2.05) is 5.53 Å². The van der Waals surface area contributed by atoms with Crippen LogP contribution in [0.3, 0.4) is 0 Å². The van der Waals surface area contributed by atoms with Crippen LogP contribution in [0.4, 0.5) is 0 Å². The van der Waals surface area contributed by atoms with E-state index < -0.39 is 18.0 Å². The maximum absolute atomic E-state index is 10.4. The molecule has 0 aliphatic heterocycles. The average molecular weight is 177 g/mol. The molecule has 0 radical (unpaired) electrons. The molecule has 7 nitrogen and oxygen atoms in total. The van der Waals surface area contributed by atoms with Gasteiger partial charge in [0, 0.05) is 6.42 Å². The van der Waals surface area contributed by atoms with E-state index in [-0.39, 0.29) is 12.8 Å². The first-order chi connectivity index (χ1) is 5.57. The minimum Gasteiger partial charge on any atom is -0.481 e. The van der Waals surface area contributed by atoms with Gasteiger partial charge in [-0.2, -0.15) is 5.53 Å². The molecule has 0 bridgehead atoms. The largest absolute Gasteiger partial charge is 0.481 e. The van der Waals surface area contributed by atoms with Gasteiger partial charge in [0.05, 0.1) is 0 Å². The first-order valence-corrected chi connectivity index (χ1v) is 3.23. The highest BCUT2D eigenvalue weighted by Crippen LogP contribution is 1.96. The molecule has 7 heteroatoms. The lowest BCUT2D eigenvalue weighted by Gasteiger charge is -2.10. The van der Waals surface area contributed by atoms with Crippen LogP contribution in [0.1, 0.15) is 12.8 Å². The fourth-order valence-electron chi connectivity index (χ4n) is 0.626. The molecule has 0 aromatic carbocycles. The van der Waals surface area contributed by atoms with E-state index in [0.29, 0.717) is 0 Å². The maximum atomic E-state index is 10.4. The lowest BCUT2D eigenvalue weighted by atomic mass is 10.2. The summed E-state index contributed by atoms with van der Waals surface area (Å²) in [5.74, 6) is 2.62. The van der Waals surface area contributed by atoms with Gasteiger partial charge >= 0.3 is 11.9 Å². The molecule has 0 aromatic rings. The van der Waals surface area contributed by atoms with Gasteiger partial charge in [-0.25, -0.2) is 5.43 Å². The molecule has 0 heterocycles. The number of hydrogen-bond donors (Lipinski definition) is 5. The SMILES string of the molecule is NNN[C@@H](CCC(=O)O)C(=O)O. The highest BCUT2D eigenvalue weighted by Gasteiger charge is 2.16. The molecule has 6 N–H and O–H groups in total. The van der Waals surface area contributed by atoms with Crippen molar-refractivity contribution in [3.05, 3.63) is 0 Å². The van der Waals surface area contributed by atoms with E-state index in [2.05, 4.69) is 5.43 Å². The summed E-state index contributed by atoms with van der Waals surface area (Å²) in [7, 11) is 0. The quantitative estimate of drug-likeness (QED) is 0.241. The highest BCUT2D eigenvalue weighted by molar-refractivity contribution is 5.74. The number of carboxylic acid groups (broad SMARTS) is 2. The summed E-state index contributed by atoms with van der Waals surface area (Å²) in [5, 5.41) is 16.7. The standard InChI is InChI=1S/C5H11N3O4/c6-8-7-3(5(11)12)1-2-4(9)10/h3,7-8H,1-2,6H2,(H,9,10)(H,11,12)/t3-/m0/s1. The van der Waals surface area contributed by atoms with Gasteiger partial charge in [-0.3, -0.25) is 15.4 Å². The van der Waals surface area contributed by atoms with Crippen LogP contribution in [0.5, 0.6) is 0 Å². The maximum Gasteiger partial charge on any atom is 0.322 e. The Hall–Kier alpha value is -1.18. The molecule has 0 rings (SSSR count). The van der Waals surface area contributed by atoms with Crippen molar-refractivity contribution in [2.24, 2.45) is 5.84 Å². The van der Waals surface area contributed by atoms with Crippen molar-refractivity contribution in [1.82, 2.24) is 11.0 Å². The third kappa shape index (κ3) is 4.61. The van der Waals surface area contributed by atoms with Crippen molar-refractivity contribution in [3.8, 4) is 0 Å². The normalized spacial score (nSPS) is 12.4. The Labute approximate surface area is 68.5 Å². The number of hydrazine groups is 2. The van der Waals surface area contributed by atoms with Crippen molar-refractivity contribution in [2.75, 3.05) is 0 Å². The zero-order chi connectivity index (χ0) is 9.56. The van der Waals surface area contributed by atoms with Gasteiger partial charge in [0.15, 0.2) is 0 Å². The van der Waals surface area contributed by atoms with E-state index in [0.717, 1.165) is 0 Å². The summed E-state index contributed by atoms with van der Waals surface area (Å²) in [6.07, 6.45) is -0.236. The molecule has 1 atom stereocenters. The minimum atomic E-state index is -1.14. The van der Waals surface area contributed by atoms with Crippen molar-refractivity contribution in [1.29, 1.82) is 0 Å². The lowest BCUT2D eigenvalue weighted by Crippen LogP contribution is -2.48. The molecule has 0 amide bonds. The van der Waals surface area contributed by atoms with Gasteiger partial charge in [-0.15, -0.1) is 0 Å². The van der Waals surface area contributed by atoms with Gasteiger partial charge < -0.3 is 10.2 Å². The molecule has 0 saturated carbocycles. The number of nitrogens with two attached hydrogens (primary N) is 1. The van der Waals surface area contributed by atoms with Gasteiger partial charge in [0.25, 0.3) is 0 Å². The number of carboxylic acids is 2. The molecule has 0 aliphatic rings. The van der Waals surface area contributed by atoms with Crippen molar-refractivity contribution >= 4 is 11.9 Å². The predicted molar refractivity (Wildman–Crippen MR) is 38.8 cm³/mol. The summed E-state index contributed by atoms with van der Waals surface area (Å²) < 4.78 is 0. The highest BCUT2D eigenvalue weighted by atomic mass is 16.4. The smallest absolute Gasteiger partial charge is 0.322 e. The Balaban J connectivity index is 3.79. The molecular formula is C5H11N3O4.